The van der Waals surface area contributed by atoms with Crippen molar-refractivity contribution in [2.75, 3.05) is 19.8 Å². The van der Waals surface area contributed by atoms with Gasteiger partial charge in [0.1, 0.15) is 0 Å². The molecule has 90 valence electrons. The average molecular weight is 222 g/mol. The molecule has 1 atom stereocenters. The molecule has 0 aliphatic rings. The summed E-state index contributed by atoms with van der Waals surface area (Å²) in [5.41, 5.74) is -1.15. The van der Waals surface area contributed by atoms with Crippen LogP contribution in [-0.2, 0) is 4.79 Å². The van der Waals surface area contributed by atoms with E-state index in [0.717, 1.165) is 6.08 Å². The van der Waals surface area contributed by atoms with Crippen molar-refractivity contribution in [3.05, 3.63) is 12.7 Å². The van der Waals surface area contributed by atoms with Gasteiger partial charge in [-0.3, -0.25) is 0 Å². The van der Waals surface area contributed by atoms with Crippen molar-refractivity contribution < 1.29 is 30.3 Å². The first-order chi connectivity index (χ1) is 6.90. The summed E-state index contributed by atoms with van der Waals surface area (Å²) in [6.07, 6.45) is -0.0764. The third-order valence-electron chi connectivity index (χ3n) is 2.01. The van der Waals surface area contributed by atoms with Crippen LogP contribution in [0.5, 0.6) is 0 Å². The zero-order valence-electron chi connectivity index (χ0n) is 8.63. The van der Waals surface area contributed by atoms with Gasteiger partial charge in [0, 0.05) is 6.08 Å². The highest BCUT2D eigenvalue weighted by Gasteiger charge is 2.33. The highest BCUT2D eigenvalue weighted by Crippen LogP contribution is 2.19. The van der Waals surface area contributed by atoms with Crippen molar-refractivity contribution in [2.45, 2.75) is 13.0 Å². The van der Waals surface area contributed by atoms with Crippen molar-refractivity contribution in [1.82, 2.24) is 0 Å². The van der Waals surface area contributed by atoms with Crippen LogP contribution in [0, 0.1) is 5.41 Å². The predicted octanol–water partition coefficient (Wildman–Crippen LogP) is -1.41. The smallest absolute Gasteiger partial charge is 0.327 e. The molecule has 0 saturated heterocycles. The van der Waals surface area contributed by atoms with Gasteiger partial charge in [0.2, 0.25) is 0 Å². The Morgan fingerprint density at radius 3 is 1.60 bits per heavy atom. The minimum absolute atomic E-state index is 0.419. The van der Waals surface area contributed by atoms with E-state index in [9.17, 15) is 4.79 Å². The second-order valence-electron chi connectivity index (χ2n) is 3.06. The van der Waals surface area contributed by atoms with E-state index < -0.39 is 37.3 Å². The Bertz CT molecular complexity index is 177. The highest BCUT2D eigenvalue weighted by molar-refractivity contribution is 5.78. The lowest BCUT2D eigenvalue weighted by atomic mass is 9.86. The average Bonchev–Trinajstić information content (AvgIpc) is 2.21. The van der Waals surface area contributed by atoms with Crippen molar-refractivity contribution in [3.63, 3.8) is 0 Å². The number of carboxylic acid groups (broad SMARTS) is 1. The Morgan fingerprint density at radius 2 is 1.60 bits per heavy atom. The quantitative estimate of drug-likeness (QED) is 0.365. The van der Waals surface area contributed by atoms with E-state index in [4.69, 9.17) is 25.5 Å². The molecule has 0 radical (unpaired) electrons. The zero-order chi connectivity index (χ0) is 12.5. The van der Waals surface area contributed by atoms with Crippen LogP contribution in [-0.4, -0.2) is 57.4 Å². The van der Waals surface area contributed by atoms with E-state index >= 15 is 0 Å². The second-order valence-corrected chi connectivity index (χ2v) is 3.06. The molecule has 0 saturated carbocycles. The van der Waals surface area contributed by atoms with Gasteiger partial charge in [-0.25, -0.2) is 4.79 Å². The fraction of sp³-hybridized carbons (Fsp3) is 0.667. The first-order valence-electron chi connectivity index (χ1n) is 4.26. The number of aliphatic carboxylic acids is 1. The minimum Gasteiger partial charge on any atom is -0.478 e. The molecule has 5 N–H and O–H groups in total. The van der Waals surface area contributed by atoms with Crippen molar-refractivity contribution in [3.8, 4) is 0 Å². The number of hydrogen-bond acceptors (Lipinski definition) is 5. The van der Waals surface area contributed by atoms with Crippen LogP contribution in [0.15, 0.2) is 12.7 Å². The molecule has 0 aromatic rings. The summed E-state index contributed by atoms with van der Waals surface area (Å²) in [6, 6.07) is 0. The van der Waals surface area contributed by atoms with Gasteiger partial charge in [0.25, 0.3) is 0 Å². The predicted molar refractivity (Wildman–Crippen MR) is 53.2 cm³/mol. The molecule has 0 aliphatic carbocycles. The number of carbonyl (C=O) groups is 1. The van der Waals surface area contributed by atoms with Gasteiger partial charge in [-0.05, 0) is 6.92 Å². The van der Waals surface area contributed by atoms with Gasteiger partial charge in [0.15, 0.2) is 0 Å². The van der Waals surface area contributed by atoms with E-state index in [1.165, 1.54) is 6.92 Å². The van der Waals surface area contributed by atoms with Gasteiger partial charge in [-0.2, -0.15) is 0 Å². The van der Waals surface area contributed by atoms with Crippen LogP contribution in [0.25, 0.3) is 0 Å². The molecule has 6 heteroatoms. The third-order valence-corrected chi connectivity index (χ3v) is 2.01. The second kappa shape index (κ2) is 8.37. The van der Waals surface area contributed by atoms with Crippen LogP contribution >= 0.6 is 0 Å². The standard InChI is InChI=1S/C6H14O4.C3H4O2/c1-5(10)6(2-7,3-8)4-9;1-2-3(4)5/h5,7-10H,2-4H2,1H3;2H,1H2,(H,4,5). The van der Waals surface area contributed by atoms with Gasteiger partial charge in [-0.15, -0.1) is 0 Å². The maximum atomic E-state index is 9.25. The Hall–Kier alpha value is -0.950. The van der Waals surface area contributed by atoms with Gasteiger partial charge >= 0.3 is 5.97 Å². The highest BCUT2D eigenvalue weighted by atomic mass is 16.4. The topological polar surface area (TPSA) is 118 Å². The summed E-state index contributed by atoms with van der Waals surface area (Å²) in [5.74, 6) is -0.981. The van der Waals surface area contributed by atoms with Crippen LogP contribution in [0.3, 0.4) is 0 Å². The number of rotatable bonds is 5. The lowest BCUT2D eigenvalue weighted by Crippen LogP contribution is -2.43. The van der Waals surface area contributed by atoms with Gasteiger partial charge in [-0.1, -0.05) is 6.58 Å². The molecule has 0 spiro atoms. The van der Waals surface area contributed by atoms with Crippen molar-refractivity contribution in [1.29, 1.82) is 0 Å². The largest absolute Gasteiger partial charge is 0.478 e. The minimum atomic E-state index is -1.15. The van der Waals surface area contributed by atoms with Crippen LogP contribution < -0.4 is 0 Å². The Labute approximate surface area is 88.1 Å². The maximum absolute atomic E-state index is 9.25. The normalized spacial score (nSPS) is 12.3. The first-order valence-corrected chi connectivity index (χ1v) is 4.26. The molecule has 0 heterocycles. The summed E-state index contributed by atoms with van der Waals surface area (Å²) in [6.45, 7) is 3.12. The number of aliphatic hydroxyl groups is 4. The summed E-state index contributed by atoms with van der Waals surface area (Å²) in [4.78, 5) is 9.25. The number of aliphatic hydroxyl groups excluding tert-OH is 4. The maximum Gasteiger partial charge on any atom is 0.327 e. The fourth-order valence-electron chi connectivity index (χ4n) is 0.546. The summed E-state index contributed by atoms with van der Waals surface area (Å²) in [7, 11) is 0. The number of hydrogen-bond donors (Lipinski definition) is 5. The van der Waals surface area contributed by atoms with E-state index in [1.54, 1.807) is 0 Å². The van der Waals surface area contributed by atoms with E-state index in [0.29, 0.717) is 0 Å². The monoisotopic (exact) mass is 222 g/mol. The molecular formula is C9H18O6. The Balaban J connectivity index is 0. The fourth-order valence-corrected chi connectivity index (χ4v) is 0.546. The molecule has 0 aliphatic heterocycles. The Morgan fingerprint density at radius 1 is 1.33 bits per heavy atom. The van der Waals surface area contributed by atoms with Gasteiger partial charge in [0.05, 0.1) is 31.3 Å². The molecule has 6 nitrogen and oxygen atoms in total. The van der Waals surface area contributed by atoms with Crippen LogP contribution in [0.1, 0.15) is 6.92 Å². The Kier molecular flexibility index (Phi) is 9.19. The molecule has 0 bridgehead atoms. The molecule has 0 rings (SSSR count). The summed E-state index contributed by atoms with van der Waals surface area (Å²) < 4.78 is 0. The molecule has 1 unspecified atom stereocenters. The SMILES string of the molecule is C=CC(=O)O.CC(O)C(CO)(CO)CO. The molecule has 0 aromatic heterocycles. The van der Waals surface area contributed by atoms with Crippen LogP contribution in [0.2, 0.25) is 0 Å². The molecule has 0 amide bonds. The molecule has 0 aromatic carbocycles. The van der Waals surface area contributed by atoms with Crippen LogP contribution in [0.4, 0.5) is 0 Å². The zero-order valence-corrected chi connectivity index (χ0v) is 8.63. The van der Waals surface area contributed by atoms with E-state index in [-0.39, 0.29) is 0 Å². The molecule has 0 fully saturated rings. The molecule has 15 heavy (non-hydrogen) atoms. The lowest BCUT2D eigenvalue weighted by molar-refractivity contribution is -0.131. The number of carboxylic acids is 1. The third kappa shape index (κ3) is 6.19. The lowest BCUT2D eigenvalue weighted by Gasteiger charge is -2.30. The summed E-state index contributed by atoms with van der Waals surface area (Å²) >= 11 is 0. The van der Waals surface area contributed by atoms with E-state index in [2.05, 4.69) is 6.58 Å². The van der Waals surface area contributed by atoms with E-state index in [1.807, 2.05) is 0 Å². The first kappa shape index (κ1) is 16.5. The van der Waals surface area contributed by atoms with Crippen molar-refractivity contribution >= 4 is 5.97 Å². The summed E-state index contributed by atoms with van der Waals surface area (Å²) in [5, 5.41) is 42.6. The van der Waals surface area contributed by atoms with Crippen molar-refractivity contribution in [2.24, 2.45) is 5.41 Å². The van der Waals surface area contributed by atoms with Gasteiger partial charge < -0.3 is 25.5 Å². The molecular weight excluding hydrogens is 204 g/mol.